The van der Waals surface area contributed by atoms with Crippen molar-refractivity contribution < 1.29 is 23.5 Å². The van der Waals surface area contributed by atoms with E-state index >= 15 is 0 Å². The van der Waals surface area contributed by atoms with Crippen molar-refractivity contribution >= 4 is 51.7 Å². The first-order valence-electron chi connectivity index (χ1n) is 12.0. The summed E-state index contributed by atoms with van der Waals surface area (Å²) in [5.41, 5.74) is 1.81. The van der Waals surface area contributed by atoms with Crippen LogP contribution in [0.5, 0.6) is 11.5 Å². The van der Waals surface area contributed by atoms with Crippen molar-refractivity contribution in [1.29, 1.82) is 0 Å². The number of amides is 2. The topological polar surface area (TPSA) is 67.9 Å². The van der Waals surface area contributed by atoms with Gasteiger partial charge in [0.25, 0.3) is 11.8 Å². The molecule has 1 heterocycles. The third-order valence-electron chi connectivity index (χ3n) is 5.97. The highest BCUT2D eigenvalue weighted by atomic mass is 32.1. The highest BCUT2D eigenvalue weighted by Gasteiger charge is 2.34. The maximum absolute atomic E-state index is 13.4. The molecule has 8 heteroatoms. The van der Waals surface area contributed by atoms with Gasteiger partial charge in [-0.3, -0.25) is 19.8 Å². The van der Waals surface area contributed by atoms with Crippen molar-refractivity contribution in [3.05, 3.63) is 107 Å². The fourth-order valence-electron chi connectivity index (χ4n) is 4.14. The number of nitrogens with one attached hydrogen (secondary N) is 1. The minimum atomic E-state index is -0.618. The predicted molar refractivity (Wildman–Crippen MR) is 148 cm³/mol. The molecule has 0 radical (unpaired) electrons. The molecule has 190 valence electrons. The first-order valence-corrected chi connectivity index (χ1v) is 12.4. The fourth-order valence-corrected chi connectivity index (χ4v) is 4.42. The van der Waals surface area contributed by atoms with E-state index in [4.69, 9.17) is 21.7 Å². The molecule has 4 aromatic rings. The molecule has 0 atom stereocenters. The number of hydrogen-bond acceptors (Lipinski definition) is 5. The van der Waals surface area contributed by atoms with Gasteiger partial charge in [0, 0.05) is 0 Å². The number of anilines is 1. The summed E-state index contributed by atoms with van der Waals surface area (Å²) >= 11 is 5.20. The van der Waals surface area contributed by atoms with Crippen LogP contribution >= 0.6 is 12.2 Å². The molecule has 1 fully saturated rings. The van der Waals surface area contributed by atoms with Gasteiger partial charge in [0.05, 0.1) is 12.3 Å². The van der Waals surface area contributed by atoms with E-state index in [1.54, 1.807) is 18.2 Å². The Morgan fingerprint density at radius 2 is 1.66 bits per heavy atom. The quantitative estimate of drug-likeness (QED) is 0.188. The number of halogens is 1. The molecule has 38 heavy (non-hydrogen) atoms. The molecule has 0 saturated carbocycles. The second-order valence-corrected chi connectivity index (χ2v) is 8.93. The van der Waals surface area contributed by atoms with Crippen molar-refractivity contribution in [2.45, 2.75) is 13.5 Å². The van der Waals surface area contributed by atoms with Crippen molar-refractivity contribution in [2.24, 2.45) is 0 Å². The van der Waals surface area contributed by atoms with Crippen LogP contribution in [0.2, 0.25) is 0 Å². The highest BCUT2D eigenvalue weighted by molar-refractivity contribution is 7.80. The Balaban J connectivity index is 1.39. The van der Waals surface area contributed by atoms with E-state index in [0.29, 0.717) is 36.0 Å². The number of benzene rings is 4. The molecule has 0 aromatic heterocycles. The molecule has 5 rings (SSSR count). The predicted octanol–water partition coefficient (Wildman–Crippen LogP) is 5.79. The molecule has 0 aliphatic carbocycles. The smallest absolute Gasteiger partial charge is 0.270 e. The summed E-state index contributed by atoms with van der Waals surface area (Å²) in [4.78, 5) is 27.0. The summed E-state index contributed by atoms with van der Waals surface area (Å²) in [6.07, 6.45) is 1.46. The average molecular weight is 527 g/mol. The number of rotatable bonds is 7. The van der Waals surface area contributed by atoms with Gasteiger partial charge in [0.1, 0.15) is 18.0 Å². The molecule has 1 N–H and O–H groups in total. The number of ether oxygens (including phenoxy) is 2. The van der Waals surface area contributed by atoms with E-state index in [9.17, 15) is 14.0 Å². The van der Waals surface area contributed by atoms with E-state index < -0.39 is 17.6 Å². The van der Waals surface area contributed by atoms with Gasteiger partial charge in [-0.2, -0.15) is 0 Å². The first kappa shape index (κ1) is 25.1. The van der Waals surface area contributed by atoms with Gasteiger partial charge in [-0.25, -0.2) is 4.39 Å². The van der Waals surface area contributed by atoms with Gasteiger partial charge in [0.15, 0.2) is 16.6 Å². The van der Waals surface area contributed by atoms with Crippen LogP contribution in [0, 0.1) is 5.82 Å². The molecule has 0 unspecified atom stereocenters. The minimum Gasteiger partial charge on any atom is -0.490 e. The monoisotopic (exact) mass is 526 g/mol. The molecule has 1 saturated heterocycles. The molecule has 1 aliphatic heterocycles. The minimum absolute atomic E-state index is 0.0730. The lowest BCUT2D eigenvalue weighted by Crippen LogP contribution is -2.54. The van der Waals surface area contributed by atoms with Crippen molar-refractivity contribution in [1.82, 2.24) is 5.32 Å². The van der Waals surface area contributed by atoms with E-state index in [-0.39, 0.29) is 10.7 Å². The molecule has 4 aromatic carbocycles. The van der Waals surface area contributed by atoms with Crippen molar-refractivity contribution in [3.8, 4) is 11.5 Å². The zero-order valence-electron chi connectivity index (χ0n) is 20.4. The summed E-state index contributed by atoms with van der Waals surface area (Å²) in [5.74, 6) is -0.656. The second kappa shape index (κ2) is 10.8. The Kier molecular flexibility index (Phi) is 7.15. The zero-order valence-corrected chi connectivity index (χ0v) is 21.3. The van der Waals surface area contributed by atoms with Crippen LogP contribution in [0.1, 0.15) is 18.1 Å². The molecule has 2 amide bonds. The summed E-state index contributed by atoms with van der Waals surface area (Å²) in [5, 5.41) is 4.74. The Morgan fingerprint density at radius 3 is 2.42 bits per heavy atom. The Hall–Kier alpha value is -4.56. The Labute approximate surface area is 224 Å². The van der Waals surface area contributed by atoms with E-state index in [2.05, 4.69) is 29.6 Å². The lowest BCUT2D eigenvalue weighted by Gasteiger charge is -2.28. The van der Waals surface area contributed by atoms with Gasteiger partial charge < -0.3 is 9.47 Å². The van der Waals surface area contributed by atoms with Gasteiger partial charge in [0.2, 0.25) is 0 Å². The average Bonchev–Trinajstić information content (AvgIpc) is 2.91. The fraction of sp³-hybridized carbons (Fsp3) is 0.100. The maximum atomic E-state index is 13.4. The Morgan fingerprint density at radius 1 is 0.895 bits per heavy atom. The summed E-state index contributed by atoms with van der Waals surface area (Å²) in [6.45, 7) is 2.60. The van der Waals surface area contributed by atoms with Crippen molar-refractivity contribution in [3.63, 3.8) is 0 Å². The number of thiocarbonyl (C=S) groups is 1. The van der Waals surface area contributed by atoms with Crippen molar-refractivity contribution in [2.75, 3.05) is 11.5 Å². The summed E-state index contributed by atoms with van der Waals surface area (Å²) in [7, 11) is 0. The zero-order chi connectivity index (χ0) is 26.6. The Bertz CT molecular complexity index is 1580. The molecule has 1 aliphatic rings. The third kappa shape index (κ3) is 5.26. The lowest BCUT2D eigenvalue weighted by molar-refractivity contribution is -0.122. The van der Waals surface area contributed by atoms with Gasteiger partial charge in [-0.1, -0.05) is 42.5 Å². The second-order valence-electron chi connectivity index (χ2n) is 8.54. The third-order valence-corrected chi connectivity index (χ3v) is 6.26. The van der Waals surface area contributed by atoms with Crippen LogP contribution in [0.25, 0.3) is 16.8 Å². The highest BCUT2D eigenvalue weighted by Crippen LogP contribution is 2.31. The number of fused-ring (bicyclic) bond motifs is 1. The standard InChI is InChI=1S/C30H23FN2O4S/c1-2-36-27-17-19(8-14-26(27)37-18-20-7-9-21-5-3-4-6-22(21)15-20)16-25-28(34)32-30(38)33(29(25)35)24-12-10-23(31)11-13-24/h3-17H,2,18H2,1H3,(H,32,34,38)/b25-16-. The van der Waals surface area contributed by atoms with Crippen LogP contribution in [-0.2, 0) is 16.2 Å². The summed E-state index contributed by atoms with van der Waals surface area (Å²) in [6, 6.07) is 24.7. The van der Waals surface area contributed by atoms with E-state index in [0.717, 1.165) is 21.2 Å². The molecular weight excluding hydrogens is 503 g/mol. The van der Waals surface area contributed by atoms with Gasteiger partial charge in [-0.15, -0.1) is 0 Å². The number of hydrogen-bond donors (Lipinski definition) is 1. The van der Waals surface area contributed by atoms with E-state index in [1.165, 1.54) is 30.3 Å². The number of carbonyl (C=O) groups excluding carboxylic acids is 2. The van der Waals surface area contributed by atoms with E-state index in [1.807, 2.05) is 25.1 Å². The van der Waals surface area contributed by atoms with Crippen LogP contribution in [0.15, 0.2) is 90.5 Å². The molecular formula is C30H23FN2O4S. The summed E-state index contributed by atoms with van der Waals surface area (Å²) < 4.78 is 25.2. The first-order chi connectivity index (χ1) is 18.4. The van der Waals surface area contributed by atoms with Crippen LogP contribution in [0.4, 0.5) is 10.1 Å². The van der Waals surface area contributed by atoms with Gasteiger partial charge >= 0.3 is 0 Å². The largest absolute Gasteiger partial charge is 0.490 e. The van der Waals surface area contributed by atoms with Crippen LogP contribution < -0.4 is 19.7 Å². The molecule has 6 nitrogen and oxygen atoms in total. The molecule has 0 bridgehead atoms. The lowest BCUT2D eigenvalue weighted by atomic mass is 10.1. The number of nitrogens with zero attached hydrogens (tertiary/aromatic N) is 1. The van der Waals surface area contributed by atoms with Crippen LogP contribution in [-0.4, -0.2) is 23.5 Å². The normalized spacial score (nSPS) is 14.6. The van der Waals surface area contributed by atoms with Gasteiger partial charge in [-0.05, 0) is 89.6 Å². The van der Waals surface area contributed by atoms with Crippen LogP contribution in [0.3, 0.4) is 0 Å². The number of carbonyl (C=O) groups is 2. The molecule has 0 spiro atoms. The SMILES string of the molecule is CCOc1cc(/C=C2/C(=O)NC(=S)N(c3ccc(F)cc3)C2=O)ccc1OCc1ccc2ccccc2c1. The maximum Gasteiger partial charge on any atom is 0.270 e.